The molecule has 10 heteroatoms. The van der Waals surface area contributed by atoms with Crippen LogP contribution in [0.5, 0.6) is 0 Å². The van der Waals surface area contributed by atoms with Gasteiger partial charge < -0.3 is 14.3 Å². The van der Waals surface area contributed by atoms with Gasteiger partial charge in [0.05, 0.1) is 23.2 Å². The van der Waals surface area contributed by atoms with E-state index in [1.54, 1.807) is 15.7 Å². The van der Waals surface area contributed by atoms with Crippen LogP contribution in [0.3, 0.4) is 0 Å². The van der Waals surface area contributed by atoms with E-state index in [9.17, 15) is 9.18 Å². The maximum absolute atomic E-state index is 14.1. The van der Waals surface area contributed by atoms with E-state index in [1.807, 2.05) is 30.5 Å². The van der Waals surface area contributed by atoms with E-state index in [4.69, 9.17) is 4.42 Å². The lowest BCUT2D eigenvalue weighted by atomic mass is 9.99. The molecule has 1 atom stereocenters. The molecule has 0 saturated carbocycles. The molecule has 0 aromatic carbocycles. The zero-order chi connectivity index (χ0) is 20.2. The molecule has 4 aromatic rings. The Hall–Kier alpha value is -3.56. The van der Waals surface area contributed by atoms with Crippen LogP contribution in [0.4, 0.5) is 4.39 Å². The number of nitrogens with one attached hydrogen (secondary N) is 1. The summed E-state index contributed by atoms with van der Waals surface area (Å²) >= 11 is 0. The van der Waals surface area contributed by atoms with Crippen molar-refractivity contribution in [3.8, 4) is 0 Å². The second-order valence-electron chi connectivity index (χ2n) is 7.44. The molecule has 1 unspecified atom stereocenters. The van der Waals surface area contributed by atoms with E-state index < -0.39 is 17.6 Å². The molecule has 5 heterocycles. The van der Waals surface area contributed by atoms with Crippen LogP contribution in [-0.4, -0.2) is 47.1 Å². The van der Waals surface area contributed by atoms with Crippen LogP contribution >= 0.6 is 0 Å². The number of H-pyrrole nitrogens is 1. The van der Waals surface area contributed by atoms with Crippen LogP contribution in [0.2, 0.25) is 0 Å². The van der Waals surface area contributed by atoms with Gasteiger partial charge in [0.25, 0.3) is 5.89 Å². The van der Waals surface area contributed by atoms with Crippen LogP contribution in [0.25, 0.3) is 5.52 Å². The molecule has 1 aliphatic heterocycles. The van der Waals surface area contributed by atoms with E-state index in [2.05, 4.69) is 25.3 Å². The number of fused-ring (bicyclic) bond motifs is 2. The van der Waals surface area contributed by atoms with Gasteiger partial charge in [-0.2, -0.15) is 5.10 Å². The van der Waals surface area contributed by atoms with Crippen LogP contribution in [0.15, 0.2) is 41.2 Å². The first-order chi connectivity index (χ1) is 13.9. The smallest absolute Gasteiger partial charge is 0.312 e. The fourth-order valence-corrected chi connectivity index (χ4v) is 3.56. The molecule has 0 bridgehead atoms. The highest BCUT2D eigenvalue weighted by Gasteiger charge is 2.39. The topological polar surface area (TPSA) is 105 Å². The Labute approximate surface area is 164 Å². The molecule has 0 radical (unpaired) electrons. The van der Waals surface area contributed by atoms with E-state index >= 15 is 0 Å². The van der Waals surface area contributed by atoms with Crippen molar-refractivity contribution in [3.05, 3.63) is 65.7 Å². The van der Waals surface area contributed by atoms with Crippen molar-refractivity contribution in [1.82, 2.24) is 34.7 Å². The van der Waals surface area contributed by atoms with Gasteiger partial charge in [-0.15, -0.1) is 10.2 Å². The first kappa shape index (κ1) is 17.5. The van der Waals surface area contributed by atoms with Crippen molar-refractivity contribution in [3.63, 3.8) is 0 Å². The maximum atomic E-state index is 14.1. The quantitative estimate of drug-likeness (QED) is 0.571. The highest BCUT2D eigenvalue weighted by molar-refractivity contribution is 5.90. The molecular formula is C19H18FN7O2. The monoisotopic (exact) mass is 395 g/mol. The number of hydrogen-bond donors (Lipinski definition) is 1. The number of nitrogens with zero attached hydrogens (tertiary/aromatic N) is 6. The molecule has 4 aromatic heterocycles. The predicted molar refractivity (Wildman–Crippen MR) is 98.8 cm³/mol. The molecular weight excluding hydrogens is 377 g/mol. The van der Waals surface area contributed by atoms with Crippen molar-refractivity contribution >= 4 is 11.4 Å². The Kier molecular flexibility index (Phi) is 3.76. The minimum atomic E-state index is -1.83. The molecule has 0 fully saturated rings. The van der Waals surface area contributed by atoms with Gasteiger partial charge in [0.2, 0.25) is 0 Å². The van der Waals surface area contributed by atoms with Gasteiger partial charge in [0.1, 0.15) is 6.04 Å². The minimum Gasteiger partial charge on any atom is -0.413 e. The highest BCUT2D eigenvalue weighted by Crippen LogP contribution is 2.34. The van der Waals surface area contributed by atoms with Gasteiger partial charge in [0.15, 0.2) is 5.67 Å². The number of amides is 1. The van der Waals surface area contributed by atoms with E-state index in [0.717, 1.165) is 16.9 Å². The number of imidazole rings is 1. The SMILES string of the molecule is CC(C)(F)c1nnc(C(=O)N2CCc3[nH]cnc3C2c2cc3ccccn3n2)o1. The van der Waals surface area contributed by atoms with Crippen molar-refractivity contribution in [2.24, 2.45) is 0 Å². The zero-order valence-electron chi connectivity index (χ0n) is 15.8. The largest absolute Gasteiger partial charge is 0.413 e. The summed E-state index contributed by atoms with van der Waals surface area (Å²) < 4.78 is 21.2. The maximum Gasteiger partial charge on any atom is 0.312 e. The number of hydrogen-bond acceptors (Lipinski definition) is 6. The molecule has 0 aliphatic carbocycles. The number of alkyl halides is 1. The van der Waals surface area contributed by atoms with Gasteiger partial charge in [-0.3, -0.25) is 4.79 Å². The lowest BCUT2D eigenvalue weighted by Gasteiger charge is -2.32. The lowest BCUT2D eigenvalue weighted by molar-refractivity contribution is 0.0636. The van der Waals surface area contributed by atoms with Crippen LogP contribution in [0.1, 0.15) is 53.5 Å². The summed E-state index contributed by atoms with van der Waals surface area (Å²) in [7, 11) is 0. The average Bonchev–Trinajstić information content (AvgIpc) is 3.44. The molecule has 29 heavy (non-hydrogen) atoms. The zero-order valence-corrected chi connectivity index (χ0v) is 15.8. The van der Waals surface area contributed by atoms with Gasteiger partial charge in [-0.05, 0) is 32.0 Å². The summed E-state index contributed by atoms with van der Waals surface area (Å²) in [6.45, 7) is 3.00. The fourth-order valence-electron chi connectivity index (χ4n) is 3.56. The summed E-state index contributed by atoms with van der Waals surface area (Å²) in [6.07, 6.45) is 4.05. The molecule has 1 amide bonds. The van der Waals surface area contributed by atoms with Gasteiger partial charge in [0, 0.05) is 24.9 Å². The standard InChI is InChI=1S/C19H18FN7O2/c1-19(2,20)18-24-23-16(29-18)17(28)26-8-6-12-14(22-10-21-12)15(26)13-9-11-5-3-4-7-27(11)25-13/h3-5,7,9-10,15H,6,8H2,1-2H3,(H,21,22). The summed E-state index contributed by atoms with van der Waals surface area (Å²) in [4.78, 5) is 22.4. The Balaban J connectivity index is 1.57. The number of aromatic amines is 1. The molecule has 1 N–H and O–H groups in total. The Morgan fingerprint density at radius 1 is 1.34 bits per heavy atom. The predicted octanol–water partition coefficient (Wildman–Crippen LogP) is 2.43. The summed E-state index contributed by atoms with van der Waals surface area (Å²) in [5.74, 6) is -0.968. The number of halogens is 1. The van der Waals surface area contributed by atoms with E-state index in [-0.39, 0.29) is 11.8 Å². The third-order valence-electron chi connectivity index (χ3n) is 4.97. The number of rotatable bonds is 3. The lowest BCUT2D eigenvalue weighted by Crippen LogP contribution is -2.41. The normalized spacial score (nSPS) is 16.9. The van der Waals surface area contributed by atoms with Crippen molar-refractivity contribution < 1.29 is 13.6 Å². The van der Waals surface area contributed by atoms with Crippen molar-refractivity contribution in [2.45, 2.75) is 32.0 Å². The highest BCUT2D eigenvalue weighted by atomic mass is 19.1. The molecule has 5 rings (SSSR count). The van der Waals surface area contributed by atoms with Gasteiger partial charge >= 0.3 is 11.8 Å². The fraction of sp³-hybridized carbons (Fsp3) is 0.316. The van der Waals surface area contributed by atoms with Crippen LogP contribution in [0, 0.1) is 0 Å². The minimum absolute atomic E-state index is 0.234. The van der Waals surface area contributed by atoms with Gasteiger partial charge in [-0.25, -0.2) is 13.9 Å². The summed E-state index contributed by atoms with van der Waals surface area (Å²) in [6, 6.07) is 7.13. The number of carbonyl (C=O) groups is 1. The Morgan fingerprint density at radius 2 is 2.21 bits per heavy atom. The molecule has 0 saturated heterocycles. The number of carbonyl (C=O) groups excluding carboxylic acids is 1. The van der Waals surface area contributed by atoms with Crippen LogP contribution < -0.4 is 0 Å². The molecule has 9 nitrogen and oxygen atoms in total. The van der Waals surface area contributed by atoms with Crippen molar-refractivity contribution in [1.29, 1.82) is 0 Å². The van der Waals surface area contributed by atoms with Gasteiger partial charge in [-0.1, -0.05) is 6.07 Å². The van der Waals surface area contributed by atoms with Crippen molar-refractivity contribution in [2.75, 3.05) is 6.54 Å². The summed E-state index contributed by atoms with van der Waals surface area (Å²) in [5, 5.41) is 12.1. The van der Waals surface area contributed by atoms with E-state index in [1.165, 1.54) is 13.8 Å². The second-order valence-corrected chi connectivity index (χ2v) is 7.44. The summed E-state index contributed by atoms with van der Waals surface area (Å²) in [5.41, 5.74) is 1.41. The first-order valence-corrected chi connectivity index (χ1v) is 9.22. The molecule has 148 valence electrons. The third-order valence-corrected chi connectivity index (χ3v) is 4.97. The number of pyridine rings is 1. The first-order valence-electron chi connectivity index (χ1n) is 9.22. The molecule has 1 aliphatic rings. The van der Waals surface area contributed by atoms with Crippen LogP contribution in [-0.2, 0) is 12.1 Å². The number of aromatic nitrogens is 6. The third kappa shape index (κ3) is 2.87. The Bertz CT molecular complexity index is 1170. The Morgan fingerprint density at radius 3 is 2.97 bits per heavy atom. The molecule has 0 spiro atoms. The van der Waals surface area contributed by atoms with E-state index in [0.29, 0.717) is 18.7 Å². The average molecular weight is 395 g/mol. The second kappa shape index (κ2) is 6.23.